The quantitative estimate of drug-likeness (QED) is 0.619. The highest BCUT2D eigenvalue weighted by Gasteiger charge is 2.21. The number of nitrogens with one attached hydrogen (secondary N) is 1. The van der Waals surface area contributed by atoms with E-state index < -0.39 is 5.97 Å². The van der Waals surface area contributed by atoms with Crippen LogP contribution in [-0.4, -0.2) is 34.9 Å². The molecule has 0 atom stereocenters. The maximum absolute atomic E-state index is 12.4. The lowest BCUT2D eigenvalue weighted by Crippen LogP contribution is -2.21. The highest BCUT2D eigenvalue weighted by atomic mass is 16.5. The van der Waals surface area contributed by atoms with Gasteiger partial charge in [-0.05, 0) is 44.0 Å². The Morgan fingerprint density at radius 3 is 2.38 bits per heavy atom. The Hall–Kier alpha value is -3.61. The van der Waals surface area contributed by atoms with Crippen molar-refractivity contribution in [2.24, 2.45) is 0 Å². The number of para-hydroxylation sites is 2. The van der Waals surface area contributed by atoms with Crippen molar-refractivity contribution in [3.63, 3.8) is 0 Å². The van der Waals surface area contributed by atoms with Crippen LogP contribution in [0.3, 0.4) is 0 Å². The smallest absolute Gasteiger partial charge is 0.362 e. The second kappa shape index (κ2) is 9.05. The maximum Gasteiger partial charge on any atom is 0.362 e. The van der Waals surface area contributed by atoms with Crippen LogP contribution in [0.5, 0.6) is 5.75 Å². The monoisotopic (exact) mass is 393 g/mol. The second-order valence-corrected chi connectivity index (χ2v) is 6.45. The standard InChI is InChI=1S/C22H23N3O4/c1-4-28-22(27)21-18(13-25(24-21)17-11-6-5-7-12-17)29-14-19(26)23-20-15(2)9-8-10-16(20)3/h5-13H,4,14H2,1-3H3,(H,23,26). The average molecular weight is 393 g/mol. The summed E-state index contributed by atoms with van der Waals surface area (Å²) in [6, 6.07) is 15.1. The number of benzene rings is 2. The van der Waals surface area contributed by atoms with Crippen molar-refractivity contribution in [3.8, 4) is 11.4 Å². The van der Waals surface area contributed by atoms with Crippen LogP contribution in [0.15, 0.2) is 54.7 Å². The van der Waals surface area contributed by atoms with Crippen molar-refractivity contribution in [2.45, 2.75) is 20.8 Å². The Bertz CT molecular complexity index is 992. The third-order valence-corrected chi connectivity index (χ3v) is 4.27. The topological polar surface area (TPSA) is 82.4 Å². The van der Waals surface area contributed by atoms with Gasteiger partial charge in [0.25, 0.3) is 5.91 Å². The molecule has 1 aromatic heterocycles. The second-order valence-electron chi connectivity index (χ2n) is 6.45. The molecule has 1 heterocycles. The number of aromatic nitrogens is 2. The first-order valence-corrected chi connectivity index (χ1v) is 9.30. The molecule has 1 N–H and O–H groups in total. The number of aryl methyl sites for hydroxylation is 2. The van der Waals surface area contributed by atoms with Crippen LogP contribution >= 0.6 is 0 Å². The Balaban J connectivity index is 1.77. The zero-order valence-electron chi connectivity index (χ0n) is 16.6. The van der Waals surface area contributed by atoms with Crippen molar-refractivity contribution in [3.05, 3.63) is 71.5 Å². The fourth-order valence-electron chi connectivity index (χ4n) is 2.85. The number of esters is 1. The molecule has 7 heteroatoms. The third-order valence-electron chi connectivity index (χ3n) is 4.27. The minimum Gasteiger partial charge on any atom is -0.480 e. The highest BCUT2D eigenvalue weighted by Crippen LogP contribution is 2.22. The van der Waals surface area contributed by atoms with Crippen LogP contribution in [0.1, 0.15) is 28.5 Å². The molecule has 0 bridgehead atoms. The molecule has 29 heavy (non-hydrogen) atoms. The van der Waals surface area contributed by atoms with Crippen LogP contribution in [0.4, 0.5) is 5.69 Å². The first-order valence-electron chi connectivity index (χ1n) is 9.30. The van der Waals surface area contributed by atoms with E-state index in [-0.39, 0.29) is 30.6 Å². The van der Waals surface area contributed by atoms with Gasteiger partial charge in [0.15, 0.2) is 12.4 Å². The largest absolute Gasteiger partial charge is 0.480 e. The van der Waals surface area contributed by atoms with E-state index in [0.717, 1.165) is 22.5 Å². The first kappa shape index (κ1) is 20.1. The molecule has 0 spiro atoms. The summed E-state index contributed by atoms with van der Waals surface area (Å²) in [6.07, 6.45) is 1.56. The number of carbonyl (C=O) groups excluding carboxylic acids is 2. The van der Waals surface area contributed by atoms with E-state index in [2.05, 4.69) is 10.4 Å². The van der Waals surface area contributed by atoms with E-state index in [0.29, 0.717) is 0 Å². The van der Waals surface area contributed by atoms with E-state index >= 15 is 0 Å². The van der Waals surface area contributed by atoms with E-state index in [9.17, 15) is 9.59 Å². The van der Waals surface area contributed by atoms with Gasteiger partial charge in [-0.3, -0.25) is 4.79 Å². The molecular formula is C22H23N3O4. The third kappa shape index (κ3) is 4.82. The van der Waals surface area contributed by atoms with Crippen LogP contribution < -0.4 is 10.1 Å². The highest BCUT2D eigenvalue weighted by molar-refractivity contribution is 5.94. The number of rotatable bonds is 7. The predicted molar refractivity (Wildman–Crippen MR) is 110 cm³/mol. The van der Waals surface area contributed by atoms with Gasteiger partial charge in [-0.2, -0.15) is 5.10 Å². The molecule has 3 rings (SSSR count). The maximum atomic E-state index is 12.4. The predicted octanol–water partition coefficient (Wildman–Crippen LogP) is 3.68. The summed E-state index contributed by atoms with van der Waals surface area (Å²) >= 11 is 0. The number of hydrogen-bond acceptors (Lipinski definition) is 5. The Kier molecular flexibility index (Phi) is 6.29. The van der Waals surface area contributed by atoms with Crippen molar-refractivity contribution in [2.75, 3.05) is 18.5 Å². The fraction of sp³-hybridized carbons (Fsp3) is 0.227. The van der Waals surface area contributed by atoms with Gasteiger partial charge in [0.05, 0.1) is 18.5 Å². The van der Waals surface area contributed by atoms with Gasteiger partial charge in [0.1, 0.15) is 0 Å². The van der Waals surface area contributed by atoms with Gasteiger partial charge < -0.3 is 14.8 Å². The Morgan fingerprint density at radius 1 is 1.03 bits per heavy atom. The zero-order chi connectivity index (χ0) is 20.8. The number of nitrogens with zero attached hydrogens (tertiary/aromatic N) is 2. The molecule has 150 valence electrons. The van der Waals surface area contributed by atoms with Crippen molar-refractivity contribution < 1.29 is 19.1 Å². The van der Waals surface area contributed by atoms with Gasteiger partial charge in [0, 0.05) is 5.69 Å². The van der Waals surface area contributed by atoms with E-state index in [1.165, 1.54) is 4.68 Å². The van der Waals surface area contributed by atoms with Gasteiger partial charge in [-0.25, -0.2) is 9.48 Å². The van der Waals surface area contributed by atoms with Gasteiger partial charge in [0.2, 0.25) is 5.69 Å². The SMILES string of the molecule is CCOC(=O)c1nn(-c2ccccc2)cc1OCC(=O)Nc1c(C)cccc1C. The molecule has 0 aliphatic rings. The molecule has 0 fully saturated rings. The van der Waals surface area contributed by atoms with Crippen LogP contribution in [0, 0.1) is 13.8 Å². The summed E-state index contributed by atoms with van der Waals surface area (Å²) in [5, 5.41) is 7.13. The number of hydrogen-bond donors (Lipinski definition) is 1. The molecule has 0 radical (unpaired) electrons. The number of amides is 1. The summed E-state index contributed by atoms with van der Waals surface area (Å²) < 4.78 is 12.2. The van der Waals surface area contributed by atoms with E-state index in [4.69, 9.17) is 9.47 Å². The van der Waals surface area contributed by atoms with Crippen LogP contribution in [0.25, 0.3) is 5.69 Å². The Morgan fingerprint density at radius 2 is 1.72 bits per heavy atom. The zero-order valence-corrected chi connectivity index (χ0v) is 16.6. The van der Waals surface area contributed by atoms with Crippen molar-refractivity contribution >= 4 is 17.6 Å². The summed E-state index contributed by atoms with van der Waals surface area (Å²) in [6.45, 7) is 5.51. The lowest BCUT2D eigenvalue weighted by molar-refractivity contribution is -0.118. The minimum atomic E-state index is -0.604. The number of ether oxygens (including phenoxy) is 2. The molecule has 3 aromatic rings. The summed E-state index contributed by atoms with van der Waals surface area (Å²) in [4.78, 5) is 24.7. The van der Waals surface area contributed by atoms with Crippen LogP contribution in [0.2, 0.25) is 0 Å². The molecule has 2 aromatic carbocycles. The molecule has 7 nitrogen and oxygen atoms in total. The summed E-state index contributed by atoms with van der Waals surface area (Å²) in [5.41, 5.74) is 3.46. The lowest BCUT2D eigenvalue weighted by Gasteiger charge is -2.11. The average Bonchev–Trinajstić information content (AvgIpc) is 3.15. The van der Waals surface area contributed by atoms with Gasteiger partial charge in [-0.15, -0.1) is 0 Å². The molecule has 0 unspecified atom stereocenters. The van der Waals surface area contributed by atoms with E-state index in [1.807, 2.05) is 62.4 Å². The van der Waals surface area contributed by atoms with Gasteiger partial charge >= 0.3 is 5.97 Å². The summed E-state index contributed by atoms with van der Waals surface area (Å²) in [7, 11) is 0. The first-order chi connectivity index (χ1) is 14.0. The molecular weight excluding hydrogens is 370 g/mol. The molecule has 0 aliphatic heterocycles. The van der Waals surface area contributed by atoms with Crippen molar-refractivity contribution in [1.82, 2.24) is 9.78 Å². The number of carbonyl (C=O) groups is 2. The minimum absolute atomic E-state index is 0.0237. The molecule has 0 saturated carbocycles. The molecule has 1 amide bonds. The van der Waals surface area contributed by atoms with Crippen molar-refractivity contribution in [1.29, 1.82) is 0 Å². The van der Waals surface area contributed by atoms with Crippen LogP contribution in [-0.2, 0) is 9.53 Å². The van der Waals surface area contributed by atoms with Gasteiger partial charge in [-0.1, -0.05) is 36.4 Å². The number of anilines is 1. The fourth-order valence-corrected chi connectivity index (χ4v) is 2.85. The Labute approximate surface area is 169 Å². The lowest BCUT2D eigenvalue weighted by atomic mass is 10.1. The summed E-state index contributed by atoms with van der Waals surface area (Å²) in [5.74, 6) is -0.749. The van der Waals surface area contributed by atoms with E-state index in [1.54, 1.807) is 13.1 Å². The normalized spacial score (nSPS) is 10.4. The molecule has 0 saturated heterocycles. The molecule has 0 aliphatic carbocycles.